The van der Waals surface area contributed by atoms with Crippen molar-refractivity contribution < 1.29 is 26.2 Å². The van der Waals surface area contributed by atoms with Crippen molar-refractivity contribution in [2.24, 2.45) is 0 Å². The monoisotopic (exact) mass is 288 g/mol. The molecule has 0 atom stereocenters. The Bertz CT molecular complexity index is 310. The summed E-state index contributed by atoms with van der Waals surface area (Å²) in [5.41, 5.74) is 6.47. The molecule has 1 rings (SSSR count). The van der Waals surface area contributed by atoms with Crippen molar-refractivity contribution in [1.82, 2.24) is 0 Å². The zero-order valence-electron chi connectivity index (χ0n) is 10.2. The van der Waals surface area contributed by atoms with Crippen LogP contribution in [0.25, 0.3) is 0 Å². The minimum atomic E-state index is 0. The maximum Gasteiger partial charge on any atom is 0.142 e. The van der Waals surface area contributed by atoms with Gasteiger partial charge in [-0.1, -0.05) is 12.1 Å². The predicted molar refractivity (Wildman–Crippen MR) is 63.9 cm³/mol. The largest absolute Gasteiger partial charge is 1.00 e. The van der Waals surface area contributed by atoms with Gasteiger partial charge in [0.2, 0.25) is 0 Å². The molecule has 0 unspecified atom stereocenters. The summed E-state index contributed by atoms with van der Waals surface area (Å²) in [6.45, 7) is 1.83. The predicted octanol–water partition coefficient (Wildman–Crippen LogP) is -1.25. The van der Waals surface area contributed by atoms with Gasteiger partial charge in [0.25, 0.3) is 0 Å². The topological polar surface area (TPSA) is 35.2 Å². The lowest BCUT2D eigenvalue weighted by Crippen LogP contribution is -3.00. The van der Waals surface area contributed by atoms with Crippen molar-refractivity contribution in [2.75, 3.05) is 40.0 Å². The molecule has 0 aromatic heterocycles. The van der Waals surface area contributed by atoms with Crippen LogP contribution >= 0.6 is 0 Å². The van der Waals surface area contributed by atoms with E-state index in [4.69, 9.17) is 10.5 Å². The first-order valence-electron chi connectivity index (χ1n) is 5.27. The van der Waals surface area contributed by atoms with E-state index in [-0.39, 0.29) is 17.0 Å². The summed E-state index contributed by atoms with van der Waals surface area (Å²) >= 11 is 0. The van der Waals surface area contributed by atoms with Gasteiger partial charge >= 0.3 is 0 Å². The summed E-state index contributed by atoms with van der Waals surface area (Å²) in [6.07, 6.45) is 1.04. The smallest absolute Gasteiger partial charge is 0.142 e. The van der Waals surface area contributed by atoms with Gasteiger partial charge in [-0.25, -0.2) is 0 Å². The van der Waals surface area contributed by atoms with Crippen LogP contribution < -0.4 is 27.5 Å². The fraction of sp³-hybridized carbons (Fsp3) is 0.500. The van der Waals surface area contributed by atoms with Gasteiger partial charge in [0.1, 0.15) is 5.75 Å². The van der Waals surface area contributed by atoms with Crippen molar-refractivity contribution in [1.29, 1.82) is 0 Å². The molecule has 0 radical (unpaired) electrons. The Morgan fingerprint density at radius 2 is 1.81 bits per heavy atom. The highest BCUT2D eigenvalue weighted by molar-refractivity contribution is 5.51. The standard InChI is InChI=1S/C12H21N2O.BrH/c1-14(2,3)9-6-10-15-12-8-5-4-7-11(12)13;/h4-5,7-8H,6,9-10,13H2,1-3H3;1H/q+1;/p-1. The highest BCUT2D eigenvalue weighted by Crippen LogP contribution is 2.19. The second kappa shape index (κ2) is 6.76. The maximum atomic E-state index is 5.76. The number of hydrogen-bond donors (Lipinski definition) is 1. The minimum Gasteiger partial charge on any atom is -1.00 e. The molecule has 16 heavy (non-hydrogen) atoms. The summed E-state index contributed by atoms with van der Waals surface area (Å²) in [5.74, 6) is 0.791. The Balaban J connectivity index is 0.00000225. The lowest BCUT2D eigenvalue weighted by molar-refractivity contribution is -0.870. The summed E-state index contributed by atoms with van der Waals surface area (Å²) in [4.78, 5) is 0. The molecule has 3 nitrogen and oxygen atoms in total. The quantitative estimate of drug-likeness (QED) is 0.417. The zero-order valence-corrected chi connectivity index (χ0v) is 11.8. The Labute approximate surface area is 109 Å². The molecule has 0 aliphatic carbocycles. The van der Waals surface area contributed by atoms with Crippen molar-refractivity contribution in [2.45, 2.75) is 6.42 Å². The van der Waals surface area contributed by atoms with Crippen LogP contribution in [0.3, 0.4) is 0 Å². The highest BCUT2D eigenvalue weighted by Gasteiger charge is 2.06. The number of anilines is 1. The minimum absolute atomic E-state index is 0. The van der Waals surface area contributed by atoms with Crippen LogP contribution in [0.5, 0.6) is 5.75 Å². The van der Waals surface area contributed by atoms with E-state index >= 15 is 0 Å². The van der Waals surface area contributed by atoms with Crippen LogP contribution in [0.4, 0.5) is 5.69 Å². The van der Waals surface area contributed by atoms with E-state index in [1.165, 1.54) is 0 Å². The van der Waals surface area contributed by atoms with Crippen molar-refractivity contribution in [3.8, 4) is 5.75 Å². The molecule has 0 fully saturated rings. The second-order valence-electron chi connectivity index (χ2n) is 4.75. The number of rotatable bonds is 5. The lowest BCUT2D eigenvalue weighted by Gasteiger charge is -2.23. The van der Waals surface area contributed by atoms with Gasteiger partial charge in [0, 0.05) is 6.42 Å². The molecule has 0 amide bonds. The van der Waals surface area contributed by atoms with Crippen LogP contribution in [-0.4, -0.2) is 38.8 Å². The van der Waals surface area contributed by atoms with E-state index in [1.807, 2.05) is 24.3 Å². The third-order valence-electron chi connectivity index (χ3n) is 2.15. The lowest BCUT2D eigenvalue weighted by atomic mass is 10.3. The Morgan fingerprint density at radius 1 is 1.19 bits per heavy atom. The number of nitrogens with zero attached hydrogens (tertiary/aromatic N) is 1. The first-order valence-corrected chi connectivity index (χ1v) is 5.27. The molecule has 0 spiro atoms. The van der Waals surface area contributed by atoms with Gasteiger partial charge in [0.15, 0.2) is 0 Å². The van der Waals surface area contributed by atoms with Gasteiger partial charge in [-0.05, 0) is 12.1 Å². The molecule has 92 valence electrons. The molecule has 0 aliphatic heterocycles. The second-order valence-corrected chi connectivity index (χ2v) is 4.75. The third kappa shape index (κ3) is 5.98. The number of quaternary nitrogens is 1. The molecule has 0 heterocycles. The maximum absolute atomic E-state index is 5.76. The molecule has 0 saturated heterocycles. The van der Waals surface area contributed by atoms with E-state index < -0.39 is 0 Å². The first-order chi connectivity index (χ1) is 6.99. The van der Waals surface area contributed by atoms with Gasteiger partial charge in [-0.2, -0.15) is 0 Å². The molecule has 2 N–H and O–H groups in total. The van der Waals surface area contributed by atoms with E-state index in [0.717, 1.165) is 29.8 Å². The number of para-hydroxylation sites is 2. The number of hydrogen-bond acceptors (Lipinski definition) is 2. The van der Waals surface area contributed by atoms with Crippen LogP contribution in [-0.2, 0) is 0 Å². The molecule has 0 aliphatic rings. The van der Waals surface area contributed by atoms with Crippen molar-refractivity contribution in [3.05, 3.63) is 24.3 Å². The Morgan fingerprint density at radius 3 is 2.38 bits per heavy atom. The van der Waals surface area contributed by atoms with Crippen molar-refractivity contribution >= 4 is 5.69 Å². The summed E-state index contributed by atoms with van der Waals surface area (Å²) in [5, 5.41) is 0. The average Bonchev–Trinajstić information content (AvgIpc) is 2.13. The molecule has 0 saturated carbocycles. The fourth-order valence-electron chi connectivity index (χ4n) is 1.33. The van der Waals surface area contributed by atoms with Gasteiger partial charge in [0.05, 0.1) is 40.0 Å². The Hall–Kier alpha value is -0.740. The Kier molecular flexibility index (Phi) is 6.45. The average molecular weight is 289 g/mol. The number of halogens is 1. The van der Waals surface area contributed by atoms with Crippen molar-refractivity contribution in [3.63, 3.8) is 0 Å². The van der Waals surface area contributed by atoms with E-state index in [0.29, 0.717) is 5.69 Å². The van der Waals surface area contributed by atoms with Gasteiger partial charge < -0.3 is 31.9 Å². The number of nitrogens with two attached hydrogens (primary N) is 1. The van der Waals surface area contributed by atoms with E-state index in [9.17, 15) is 0 Å². The third-order valence-corrected chi connectivity index (χ3v) is 2.15. The molecule has 1 aromatic carbocycles. The molecule has 0 bridgehead atoms. The number of ether oxygens (including phenoxy) is 1. The van der Waals surface area contributed by atoms with Crippen LogP contribution in [0.15, 0.2) is 24.3 Å². The van der Waals surface area contributed by atoms with E-state index in [1.54, 1.807) is 0 Å². The normalized spacial score (nSPS) is 10.7. The van der Waals surface area contributed by atoms with E-state index in [2.05, 4.69) is 21.1 Å². The first kappa shape index (κ1) is 15.3. The SMILES string of the molecule is C[N+](C)(C)CCCOc1ccccc1N.[Br-]. The molecule has 1 aromatic rings. The molecular formula is C12H21BrN2O. The molecular weight excluding hydrogens is 268 g/mol. The van der Waals surface area contributed by atoms with Gasteiger partial charge in [-0.15, -0.1) is 0 Å². The van der Waals surface area contributed by atoms with Crippen LogP contribution in [0, 0.1) is 0 Å². The van der Waals surface area contributed by atoms with Gasteiger partial charge in [-0.3, -0.25) is 0 Å². The fourth-order valence-corrected chi connectivity index (χ4v) is 1.33. The summed E-state index contributed by atoms with van der Waals surface area (Å²) in [6, 6.07) is 7.61. The number of nitrogen functional groups attached to an aromatic ring is 1. The zero-order chi connectivity index (χ0) is 11.3. The van der Waals surface area contributed by atoms with Crippen LogP contribution in [0.2, 0.25) is 0 Å². The highest BCUT2D eigenvalue weighted by atomic mass is 79.9. The molecule has 4 heteroatoms. The number of benzene rings is 1. The summed E-state index contributed by atoms with van der Waals surface area (Å²) in [7, 11) is 6.53. The van der Waals surface area contributed by atoms with Crippen LogP contribution in [0.1, 0.15) is 6.42 Å². The summed E-state index contributed by atoms with van der Waals surface area (Å²) < 4.78 is 6.56.